The van der Waals surface area contributed by atoms with Crippen LogP contribution in [0, 0.1) is 0 Å². The quantitative estimate of drug-likeness (QED) is 0.509. The van der Waals surface area contributed by atoms with Crippen molar-refractivity contribution in [2.24, 2.45) is 0 Å². The second-order valence-electron chi connectivity index (χ2n) is 4.88. The lowest BCUT2D eigenvalue weighted by atomic mass is 10.1. The van der Waals surface area contributed by atoms with Crippen molar-refractivity contribution in [1.29, 1.82) is 0 Å². The molecule has 0 saturated carbocycles. The van der Waals surface area contributed by atoms with E-state index in [1.165, 1.54) is 5.57 Å². The lowest BCUT2D eigenvalue weighted by Gasteiger charge is -2.19. The van der Waals surface area contributed by atoms with E-state index >= 15 is 0 Å². The van der Waals surface area contributed by atoms with E-state index in [0.717, 1.165) is 45.6 Å². The minimum atomic E-state index is -0.489. The molecule has 0 aliphatic carbocycles. The maximum absolute atomic E-state index is 9.80. The minimum Gasteiger partial charge on any atom is -0.389 e. The van der Waals surface area contributed by atoms with Crippen LogP contribution in [-0.4, -0.2) is 48.3 Å². The van der Waals surface area contributed by atoms with Crippen LogP contribution in [0.15, 0.2) is 12.2 Å². The fourth-order valence-corrected chi connectivity index (χ4v) is 1.99. The van der Waals surface area contributed by atoms with Crippen molar-refractivity contribution in [3.8, 4) is 0 Å². The van der Waals surface area contributed by atoms with Gasteiger partial charge in [0.25, 0.3) is 0 Å². The van der Waals surface area contributed by atoms with Crippen LogP contribution in [0.4, 0.5) is 0 Å². The zero-order chi connectivity index (χ0) is 11.3. The smallest absolute Gasteiger partial charge is 0.0758 e. The van der Waals surface area contributed by atoms with Gasteiger partial charge in [-0.05, 0) is 31.9 Å². The summed E-state index contributed by atoms with van der Waals surface area (Å²) >= 11 is 0. The summed E-state index contributed by atoms with van der Waals surface area (Å²) < 4.78 is 0. The Hall–Kier alpha value is -0.380. The molecule has 1 rings (SSSR count). The molecule has 1 aliphatic rings. The topological polar surface area (TPSA) is 35.5 Å². The molecule has 0 aromatic carbocycles. The molecule has 1 heterocycles. The van der Waals surface area contributed by atoms with Gasteiger partial charge in [-0.15, -0.1) is 0 Å². The van der Waals surface area contributed by atoms with Crippen molar-refractivity contribution in [1.82, 2.24) is 10.2 Å². The molecule has 3 heteroatoms. The first-order chi connectivity index (χ1) is 7.03. The molecule has 1 fully saturated rings. The molecule has 1 atom stereocenters. The van der Waals surface area contributed by atoms with Gasteiger partial charge in [0.05, 0.1) is 5.60 Å². The summed E-state index contributed by atoms with van der Waals surface area (Å²) in [5.41, 5.74) is 0.720. The Morgan fingerprint density at radius 2 is 2.33 bits per heavy atom. The van der Waals surface area contributed by atoms with Crippen LogP contribution in [0.1, 0.15) is 26.7 Å². The van der Waals surface area contributed by atoms with Crippen LogP contribution in [0.25, 0.3) is 0 Å². The van der Waals surface area contributed by atoms with Crippen LogP contribution in [-0.2, 0) is 0 Å². The third-order valence-electron chi connectivity index (χ3n) is 2.78. The highest BCUT2D eigenvalue weighted by molar-refractivity contribution is 5.02. The van der Waals surface area contributed by atoms with Crippen LogP contribution < -0.4 is 5.32 Å². The monoisotopic (exact) mass is 212 g/mol. The molecule has 0 aromatic rings. The highest BCUT2D eigenvalue weighted by Gasteiger charge is 2.30. The van der Waals surface area contributed by atoms with Gasteiger partial charge in [-0.25, -0.2) is 0 Å². The molecule has 0 spiro atoms. The highest BCUT2D eigenvalue weighted by atomic mass is 16.3. The Morgan fingerprint density at radius 3 is 2.87 bits per heavy atom. The van der Waals surface area contributed by atoms with Gasteiger partial charge in [-0.3, -0.25) is 4.90 Å². The van der Waals surface area contributed by atoms with Crippen LogP contribution in [0.2, 0.25) is 0 Å². The van der Waals surface area contributed by atoms with Gasteiger partial charge in [-0.1, -0.05) is 13.5 Å². The number of β-amino-alcohol motifs (C(OH)–C–C–N with tert-alkyl or cyclic N) is 1. The first-order valence-electron chi connectivity index (χ1n) is 5.85. The fourth-order valence-electron chi connectivity index (χ4n) is 1.99. The lowest BCUT2D eigenvalue weighted by molar-refractivity contribution is 0.0699. The van der Waals surface area contributed by atoms with Gasteiger partial charge in [0.1, 0.15) is 0 Å². The molecule has 0 amide bonds. The van der Waals surface area contributed by atoms with Crippen molar-refractivity contribution in [3.05, 3.63) is 12.2 Å². The molecule has 3 nitrogen and oxygen atoms in total. The highest BCUT2D eigenvalue weighted by Crippen LogP contribution is 2.20. The average molecular weight is 212 g/mol. The number of hydrogen-bond acceptors (Lipinski definition) is 3. The van der Waals surface area contributed by atoms with E-state index < -0.39 is 5.60 Å². The first kappa shape index (κ1) is 12.7. The SMILES string of the molecule is C=C(CNCCC)CN1CCC(C)(O)C1. The van der Waals surface area contributed by atoms with Crippen molar-refractivity contribution < 1.29 is 5.11 Å². The molecular weight excluding hydrogens is 188 g/mol. The van der Waals surface area contributed by atoms with E-state index in [1.807, 2.05) is 6.92 Å². The summed E-state index contributed by atoms with van der Waals surface area (Å²) in [6, 6.07) is 0. The van der Waals surface area contributed by atoms with Crippen molar-refractivity contribution >= 4 is 0 Å². The zero-order valence-electron chi connectivity index (χ0n) is 10.1. The summed E-state index contributed by atoms with van der Waals surface area (Å²) in [5.74, 6) is 0. The van der Waals surface area contributed by atoms with Gasteiger partial charge >= 0.3 is 0 Å². The molecule has 0 radical (unpaired) electrons. The van der Waals surface area contributed by atoms with Gasteiger partial charge in [0.2, 0.25) is 0 Å². The Kier molecular flexibility index (Phi) is 4.77. The van der Waals surface area contributed by atoms with Gasteiger partial charge in [0.15, 0.2) is 0 Å². The molecular formula is C12H24N2O. The largest absolute Gasteiger partial charge is 0.389 e. The predicted molar refractivity (Wildman–Crippen MR) is 64.0 cm³/mol. The normalized spacial score (nSPS) is 27.1. The molecule has 2 N–H and O–H groups in total. The summed E-state index contributed by atoms with van der Waals surface area (Å²) in [6.07, 6.45) is 2.04. The minimum absolute atomic E-state index is 0.489. The van der Waals surface area contributed by atoms with E-state index in [-0.39, 0.29) is 0 Å². The number of likely N-dealkylation sites (tertiary alicyclic amines) is 1. The van der Waals surface area contributed by atoms with E-state index in [0.29, 0.717) is 0 Å². The standard InChI is InChI=1S/C12H24N2O/c1-4-6-13-8-11(2)9-14-7-5-12(3,15)10-14/h13,15H,2,4-10H2,1,3H3. The van der Waals surface area contributed by atoms with Gasteiger partial charge < -0.3 is 10.4 Å². The summed E-state index contributed by atoms with van der Waals surface area (Å²) in [6.45, 7) is 12.7. The van der Waals surface area contributed by atoms with Gasteiger partial charge in [0, 0.05) is 26.2 Å². The maximum atomic E-state index is 9.80. The van der Waals surface area contributed by atoms with Gasteiger partial charge in [-0.2, -0.15) is 0 Å². The Morgan fingerprint density at radius 1 is 1.60 bits per heavy atom. The zero-order valence-corrected chi connectivity index (χ0v) is 10.1. The number of rotatable bonds is 6. The number of nitrogens with zero attached hydrogens (tertiary/aromatic N) is 1. The van der Waals surface area contributed by atoms with Crippen LogP contribution in [0.5, 0.6) is 0 Å². The number of nitrogens with one attached hydrogen (secondary N) is 1. The predicted octanol–water partition coefficient (Wildman–Crippen LogP) is 0.999. The molecule has 1 unspecified atom stereocenters. The fraction of sp³-hybridized carbons (Fsp3) is 0.833. The summed E-state index contributed by atoms with van der Waals surface area (Å²) in [7, 11) is 0. The van der Waals surface area contributed by atoms with Crippen molar-refractivity contribution in [2.75, 3.05) is 32.7 Å². The average Bonchev–Trinajstić information content (AvgIpc) is 2.46. The number of aliphatic hydroxyl groups is 1. The molecule has 1 aliphatic heterocycles. The van der Waals surface area contributed by atoms with E-state index in [1.54, 1.807) is 0 Å². The van der Waals surface area contributed by atoms with Crippen molar-refractivity contribution in [2.45, 2.75) is 32.3 Å². The Bertz CT molecular complexity index is 214. The molecule has 1 saturated heterocycles. The lowest BCUT2D eigenvalue weighted by Crippen LogP contribution is -2.32. The Labute approximate surface area is 93.2 Å². The molecule has 0 bridgehead atoms. The molecule has 15 heavy (non-hydrogen) atoms. The molecule has 88 valence electrons. The Balaban J connectivity index is 2.16. The first-order valence-corrected chi connectivity index (χ1v) is 5.85. The third kappa shape index (κ3) is 4.78. The molecule has 0 aromatic heterocycles. The van der Waals surface area contributed by atoms with Crippen LogP contribution in [0.3, 0.4) is 0 Å². The van der Waals surface area contributed by atoms with E-state index in [4.69, 9.17) is 0 Å². The van der Waals surface area contributed by atoms with E-state index in [9.17, 15) is 5.11 Å². The van der Waals surface area contributed by atoms with E-state index in [2.05, 4.69) is 23.7 Å². The second kappa shape index (κ2) is 5.64. The maximum Gasteiger partial charge on any atom is 0.0758 e. The summed E-state index contributed by atoms with van der Waals surface area (Å²) in [5, 5.41) is 13.1. The number of hydrogen-bond donors (Lipinski definition) is 2. The van der Waals surface area contributed by atoms with Crippen molar-refractivity contribution in [3.63, 3.8) is 0 Å². The van der Waals surface area contributed by atoms with Crippen LogP contribution >= 0.6 is 0 Å². The third-order valence-corrected chi connectivity index (χ3v) is 2.78. The summed E-state index contributed by atoms with van der Waals surface area (Å²) in [4.78, 5) is 2.27. The second-order valence-corrected chi connectivity index (χ2v) is 4.88.